The van der Waals surface area contributed by atoms with Crippen LogP contribution in [-0.2, 0) is 0 Å². The lowest BCUT2D eigenvalue weighted by Crippen LogP contribution is -2.09. The van der Waals surface area contributed by atoms with Gasteiger partial charge in [0, 0.05) is 39.3 Å². The first kappa shape index (κ1) is 41.9. The third-order valence-electron chi connectivity index (χ3n) is 12.7. The van der Waals surface area contributed by atoms with Crippen LogP contribution in [0, 0.1) is 0 Å². The van der Waals surface area contributed by atoms with E-state index in [9.17, 15) is 0 Å². The molecule has 0 amide bonds. The number of hydrogen-bond acceptors (Lipinski definition) is 6. The Balaban J connectivity index is 0.989. The zero-order valence-electron chi connectivity index (χ0n) is 38.0. The first-order valence-corrected chi connectivity index (χ1v) is 23.4. The van der Waals surface area contributed by atoms with Crippen molar-refractivity contribution in [2.75, 3.05) is 4.90 Å². The molecule has 0 unspecified atom stereocenters. The Hall–Kier alpha value is -9.52. The van der Waals surface area contributed by atoms with Gasteiger partial charge in [0.25, 0.3) is 0 Å². The van der Waals surface area contributed by atoms with E-state index in [0.29, 0.717) is 11.8 Å². The Bertz CT molecular complexity index is 3730. The van der Waals surface area contributed by atoms with E-state index in [1.807, 2.05) is 54.6 Å². The van der Waals surface area contributed by atoms with Crippen molar-refractivity contribution in [1.82, 2.24) is 20.2 Å². The van der Waals surface area contributed by atoms with Crippen LogP contribution >= 0.6 is 0 Å². The summed E-state index contributed by atoms with van der Waals surface area (Å²) in [4.78, 5) is 13.4. The maximum absolute atomic E-state index is 6.10. The molecular weight excluding hydrogens is 855 g/mol. The number of fused-ring (bicyclic) bond motifs is 1. The summed E-state index contributed by atoms with van der Waals surface area (Å²) in [5.41, 5.74) is 18.9. The van der Waals surface area contributed by atoms with Gasteiger partial charge in [-0.2, -0.15) is 0 Å². The van der Waals surface area contributed by atoms with Crippen LogP contribution in [0.5, 0.6) is 0 Å². The number of aromatic nitrogens is 4. The average Bonchev–Trinajstić information content (AvgIpc) is 3.95. The minimum atomic E-state index is 0.465. The molecule has 0 saturated heterocycles. The van der Waals surface area contributed by atoms with Gasteiger partial charge >= 0.3 is 0 Å². The zero-order valence-corrected chi connectivity index (χ0v) is 38.0. The Labute approximate surface area is 406 Å². The second-order valence-corrected chi connectivity index (χ2v) is 17.0. The molecule has 0 atom stereocenters. The first-order chi connectivity index (χ1) is 34.7. The Morgan fingerprint density at radius 1 is 0.257 bits per heavy atom. The van der Waals surface area contributed by atoms with Gasteiger partial charge in [0.2, 0.25) is 11.8 Å². The van der Waals surface area contributed by atoms with E-state index in [1.54, 1.807) is 0 Å². The molecule has 0 radical (unpaired) electrons. The van der Waals surface area contributed by atoms with Crippen LogP contribution in [0.15, 0.2) is 265 Å². The molecular formula is C64H43N5O. The molecule has 0 saturated carbocycles. The first-order valence-electron chi connectivity index (χ1n) is 23.4. The normalized spacial score (nSPS) is 11.1. The predicted molar refractivity (Wildman–Crippen MR) is 286 cm³/mol. The molecule has 0 aliphatic rings. The fraction of sp³-hybridized carbons (Fsp3) is 0. The molecule has 2 heterocycles. The van der Waals surface area contributed by atoms with Crippen LogP contribution in [-0.4, -0.2) is 20.2 Å². The minimum absolute atomic E-state index is 0.465. The highest BCUT2D eigenvalue weighted by atomic mass is 16.4. The predicted octanol–water partition coefficient (Wildman–Crippen LogP) is 16.8. The molecule has 12 aromatic rings. The molecule has 2 aromatic heterocycles. The number of para-hydroxylation sites is 1. The van der Waals surface area contributed by atoms with Gasteiger partial charge in [-0.3, -0.25) is 0 Å². The second-order valence-electron chi connectivity index (χ2n) is 17.0. The van der Waals surface area contributed by atoms with Crippen LogP contribution in [0.25, 0.3) is 101 Å². The molecule has 70 heavy (non-hydrogen) atoms. The van der Waals surface area contributed by atoms with Gasteiger partial charge in [-0.15, -0.1) is 10.2 Å². The summed E-state index contributed by atoms with van der Waals surface area (Å²) in [7, 11) is 0. The van der Waals surface area contributed by atoms with E-state index in [0.717, 1.165) is 106 Å². The second kappa shape index (κ2) is 18.6. The van der Waals surface area contributed by atoms with Gasteiger partial charge in [-0.05, 0) is 117 Å². The smallest absolute Gasteiger partial charge is 0.248 e. The summed E-state index contributed by atoms with van der Waals surface area (Å²) in [5.74, 6) is 0.952. The fourth-order valence-electron chi connectivity index (χ4n) is 9.30. The summed E-state index contributed by atoms with van der Waals surface area (Å²) >= 11 is 0. The SMILES string of the molecule is c1ccc(-c2nnc(-c3ccc(N(c4ccccc4)c4ccc(-c5nc6cc(-c7ccccc7-c7ccccc7)c(-c7ccccc7-c7ccccc7)cc6nc5-c5ccccc5)cc4)cc3)o2)cc1. The quantitative estimate of drug-likeness (QED) is 0.129. The highest BCUT2D eigenvalue weighted by Gasteiger charge is 2.21. The highest BCUT2D eigenvalue weighted by Crippen LogP contribution is 2.45. The molecule has 10 aromatic carbocycles. The standard InChI is InChI=1S/C64H43N5O/c1-6-20-44(21-7-1)53-30-16-18-32-55(53)57-42-59-60(43-58(57)56-33-19-17-31-54(56)45-22-8-2-9-23-45)66-62(61(65-59)46-24-10-3-11-25-46)47-34-38-51(39-35-47)69(50-28-14-5-15-29-50)52-40-36-49(37-41-52)64-68-67-63(70-64)48-26-12-4-13-27-48/h1-43H. The molecule has 6 heteroatoms. The van der Waals surface area contributed by atoms with Crippen molar-refractivity contribution < 1.29 is 4.42 Å². The number of rotatable bonds is 11. The van der Waals surface area contributed by atoms with Gasteiger partial charge < -0.3 is 9.32 Å². The van der Waals surface area contributed by atoms with Crippen molar-refractivity contribution in [3.63, 3.8) is 0 Å². The molecule has 0 spiro atoms. The van der Waals surface area contributed by atoms with Crippen LogP contribution in [0.3, 0.4) is 0 Å². The minimum Gasteiger partial charge on any atom is -0.416 e. The number of hydrogen-bond donors (Lipinski definition) is 0. The maximum Gasteiger partial charge on any atom is 0.248 e. The number of nitrogens with zero attached hydrogens (tertiary/aromatic N) is 5. The van der Waals surface area contributed by atoms with Gasteiger partial charge in [-0.1, -0.05) is 188 Å². The maximum atomic E-state index is 6.10. The van der Waals surface area contributed by atoms with Crippen LogP contribution < -0.4 is 4.90 Å². The van der Waals surface area contributed by atoms with Gasteiger partial charge in [0.15, 0.2) is 0 Å². The van der Waals surface area contributed by atoms with Crippen molar-refractivity contribution in [2.24, 2.45) is 0 Å². The number of anilines is 3. The van der Waals surface area contributed by atoms with E-state index in [2.05, 4.69) is 221 Å². The largest absolute Gasteiger partial charge is 0.416 e. The van der Waals surface area contributed by atoms with Crippen LogP contribution in [0.1, 0.15) is 0 Å². The molecule has 330 valence electrons. The highest BCUT2D eigenvalue weighted by molar-refractivity contribution is 6.01. The Morgan fingerprint density at radius 3 is 1.01 bits per heavy atom. The third-order valence-corrected chi connectivity index (χ3v) is 12.7. The average molecular weight is 898 g/mol. The van der Waals surface area contributed by atoms with E-state index >= 15 is 0 Å². The summed E-state index contributed by atoms with van der Waals surface area (Å²) in [6, 6.07) is 90.5. The summed E-state index contributed by atoms with van der Waals surface area (Å²) in [5, 5.41) is 8.69. The van der Waals surface area contributed by atoms with Gasteiger partial charge in [-0.25, -0.2) is 9.97 Å². The van der Waals surface area contributed by atoms with Crippen LogP contribution in [0.4, 0.5) is 17.1 Å². The number of benzene rings is 10. The molecule has 0 bridgehead atoms. The van der Waals surface area contributed by atoms with Crippen molar-refractivity contribution in [3.05, 3.63) is 261 Å². The van der Waals surface area contributed by atoms with Crippen molar-refractivity contribution in [3.8, 4) is 89.9 Å². The van der Waals surface area contributed by atoms with E-state index in [-0.39, 0.29) is 0 Å². The monoisotopic (exact) mass is 897 g/mol. The van der Waals surface area contributed by atoms with Crippen molar-refractivity contribution >= 4 is 28.1 Å². The molecule has 6 nitrogen and oxygen atoms in total. The molecule has 0 aliphatic carbocycles. The Morgan fingerprint density at radius 2 is 0.571 bits per heavy atom. The molecule has 12 rings (SSSR count). The van der Waals surface area contributed by atoms with Crippen LogP contribution in [0.2, 0.25) is 0 Å². The summed E-state index contributed by atoms with van der Waals surface area (Å²) < 4.78 is 6.10. The van der Waals surface area contributed by atoms with E-state index in [4.69, 9.17) is 14.4 Å². The third kappa shape index (κ3) is 8.20. The van der Waals surface area contributed by atoms with Gasteiger partial charge in [0.05, 0.1) is 22.4 Å². The fourth-order valence-corrected chi connectivity index (χ4v) is 9.30. The molecule has 0 fully saturated rings. The zero-order chi connectivity index (χ0) is 46.6. The lowest BCUT2D eigenvalue weighted by molar-refractivity contribution is 0.584. The summed E-state index contributed by atoms with van der Waals surface area (Å²) in [6.07, 6.45) is 0. The van der Waals surface area contributed by atoms with Crippen molar-refractivity contribution in [2.45, 2.75) is 0 Å². The summed E-state index contributed by atoms with van der Waals surface area (Å²) in [6.45, 7) is 0. The molecule has 0 aliphatic heterocycles. The van der Waals surface area contributed by atoms with E-state index < -0.39 is 0 Å². The van der Waals surface area contributed by atoms with Gasteiger partial charge in [0.1, 0.15) is 0 Å². The van der Waals surface area contributed by atoms with Crippen molar-refractivity contribution in [1.29, 1.82) is 0 Å². The van der Waals surface area contributed by atoms with E-state index in [1.165, 1.54) is 0 Å². The lowest BCUT2D eigenvalue weighted by Gasteiger charge is -2.25. The Kier molecular flexibility index (Phi) is 11.1. The topological polar surface area (TPSA) is 67.9 Å². The lowest BCUT2D eigenvalue weighted by atomic mass is 9.86. The molecule has 0 N–H and O–H groups in total.